The van der Waals surface area contributed by atoms with Crippen molar-refractivity contribution in [3.05, 3.63) is 30.1 Å². The van der Waals surface area contributed by atoms with Crippen molar-refractivity contribution in [2.75, 3.05) is 39.4 Å². The molecule has 0 saturated carbocycles. The second kappa shape index (κ2) is 6.47. The summed E-state index contributed by atoms with van der Waals surface area (Å²) in [6, 6.07) is 5.90. The summed E-state index contributed by atoms with van der Waals surface area (Å²) in [4.78, 5) is 11.2. The summed E-state index contributed by atoms with van der Waals surface area (Å²) >= 11 is 0. The van der Waals surface area contributed by atoms with Gasteiger partial charge in [-0.05, 0) is 19.1 Å². The van der Waals surface area contributed by atoms with Crippen LogP contribution >= 0.6 is 0 Å². The lowest BCUT2D eigenvalue weighted by Crippen LogP contribution is -2.37. The fourth-order valence-electron chi connectivity index (χ4n) is 1.84. The third-order valence-corrected chi connectivity index (χ3v) is 2.90. The summed E-state index contributed by atoms with van der Waals surface area (Å²) in [7, 11) is 0. The van der Waals surface area contributed by atoms with Crippen molar-refractivity contribution in [1.82, 2.24) is 9.88 Å². The number of aromatic nitrogens is 1. The van der Waals surface area contributed by atoms with Crippen LogP contribution in [0.25, 0.3) is 0 Å². The molecule has 4 heteroatoms. The Kier molecular flexibility index (Phi) is 4.64. The summed E-state index contributed by atoms with van der Waals surface area (Å²) in [6.07, 6.45) is 1.80. The lowest BCUT2D eigenvalue weighted by atomic mass is 10.2. The van der Waals surface area contributed by atoms with Crippen molar-refractivity contribution in [3.63, 3.8) is 0 Å². The molecule has 4 nitrogen and oxygen atoms in total. The number of aliphatic imine (C=N–C) groups is 1. The Labute approximate surface area is 102 Å². The minimum absolute atomic E-state index is 0.836. The molecule has 1 fully saturated rings. The molecule has 0 N–H and O–H groups in total. The molecule has 0 spiro atoms. The maximum absolute atomic E-state index is 5.31. The molecule has 1 aromatic rings. The van der Waals surface area contributed by atoms with Crippen LogP contribution in [-0.2, 0) is 4.74 Å². The summed E-state index contributed by atoms with van der Waals surface area (Å²) in [6.45, 7) is 7.61. The first-order chi connectivity index (χ1) is 8.36. The van der Waals surface area contributed by atoms with E-state index in [2.05, 4.69) is 14.9 Å². The molecule has 0 bridgehead atoms. The smallest absolute Gasteiger partial charge is 0.0837 e. The van der Waals surface area contributed by atoms with Crippen molar-refractivity contribution in [2.24, 2.45) is 4.99 Å². The second-order valence-corrected chi connectivity index (χ2v) is 4.14. The number of hydrogen-bond donors (Lipinski definition) is 0. The summed E-state index contributed by atoms with van der Waals surface area (Å²) in [5.41, 5.74) is 1.98. The van der Waals surface area contributed by atoms with Crippen molar-refractivity contribution in [2.45, 2.75) is 6.92 Å². The highest BCUT2D eigenvalue weighted by Gasteiger charge is 2.08. The van der Waals surface area contributed by atoms with E-state index in [9.17, 15) is 0 Å². The van der Waals surface area contributed by atoms with Gasteiger partial charge in [0.15, 0.2) is 0 Å². The Hall–Kier alpha value is -1.26. The van der Waals surface area contributed by atoms with Crippen LogP contribution in [0.3, 0.4) is 0 Å². The van der Waals surface area contributed by atoms with Gasteiger partial charge in [-0.25, -0.2) is 0 Å². The average molecular weight is 233 g/mol. The fraction of sp³-hybridized carbons (Fsp3) is 0.538. The first kappa shape index (κ1) is 12.2. The summed E-state index contributed by atoms with van der Waals surface area (Å²) < 4.78 is 5.31. The first-order valence-electron chi connectivity index (χ1n) is 6.09. The van der Waals surface area contributed by atoms with Crippen LogP contribution in [0.2, 0.25) is 0 Å². The van der Waals surface area contributed by atoms with Gasteiger partial charge in [0.25, 0.3) is 0 Å². The van der Waals surface area contributed by atoms with E-state index in [0.717, 1.165) is 50.8 Å². The molecule has 0 unspecified atom stereocenters. The molecule has 0 amide bonds. The van der Waals surface area contributed by atoms with Gasteiger partial charge in [-0.3, -0.25) is 14.9 Å². The van der Waals surface area contributed by atoms with E-state index in [1.54, 1.807) is 6.20 Å². The van der Waals surface area contributed by atoms with E-state index < -0.39 is 0 Å². The lowest BCUT2D eigenvalue weighted by Gasteiger charge is -2.25. The minimum Gasteiger partial charge on any atom is -0.379 e. The van der Waals surface area contributed by atoms with Crippen LogP contribution in [0.5, 0.6) is 0 Å². The highest BCUT2D eigenvalue weighted by Crippen LogP contribution is 1.98. The van der Waals surface area contributed by atoms with E-state index in [1.165, 1.54) is 0 Å². The Balaban J connectivity index is 1.80. The SMILES string of the molecule is CC(=NCCN1CCOCC1)c1ccccn1. The molecule has 0 radical (unpaired) electrons. The molecular weight excluding hydrogens is 214 g/mol. The van der Waals surface area contributed by atoms with Crippen molar-refractivity contribution in [3.8, 4) is 0 Å². The molecule has 2 heterocycles. The third kappa shape index (κ3) is 3.91. The van der Waals surface area contributed by atoms with Gasteiger partial charge >= 0.3 is 0 Å². The van der Waals surface area contributed by atoms with Crippen LogP contribution in [0, 0.1) is 0 Å². The van der Waals surface area contributed by atoms with Crippen molar-refractivity contribution >= 4 is 5.71 Å². The first-order valence-corrected chi connectivity index (χ1v) is 6.09. The monoisotopic (exact) mass is 233 g/mol. The molecule has 1 aliphatic rings. The van der Waals surface area contributed by atoms with Crippen molar-refractivity contribution in [1.29, 1.82) is 0 Å². The molecule has 0 aliphatic carbocycles. The predicted octanol–water partition coefficient (Wildman–Crippen LogP) is 1.22. The zero-order valence-corrected chi connectivity index (χ0v) is 10.3. The van der Waals surface area contributed by atoms with Gasteiger partial charge in [-0.1, -0.05) is 6.07 Å². The summed E-state index contributed by atoms with van der Waals surface area (Å²) in [5, 5.41) is 0. The maximum atomic E-state index is 5.31. The molecular formula is C13H19N3O. The Morgan fingerprint density at radius 2 is 2.24 bits per heavy atom. The van der Waals surface area contributed by atoms with Crippen LogP contribution in [0.4, 0.5) is 0 Å². The number of ether oxygens (including phenoxy) is 1. The standard InChI is InChI=1S/C13H19N3O/c1-12(13-4-2-3-5-15-13)14-6-7-16-8-10-17-11-9-16/h2-5H,6-11H2,1H3. The number of hydrogen-bond acceptors (Lipinski definition) is 4. The Morgan fingerprint density at radius 3 is 2.94 bits per heavy atom. The highest BCUT2D eigenvalue weighted by molar-refractivity contribution is 5.96. The normalized spacial score (nSPS) is 18.3. The fourth-order valence-corrected chi connectivity index (χ4v) is 1.84. The lowest BCUT2D eigenvalue weighted by molar-refractivity contribution is 0.0394. The zero-order valence-electron chi connectivity index (χ0n) is 10.3. The molecule has 0 atom stereocenters. The number of nitrogens with zero attached hydrogens (tertiary/aromatic N) is 3. The quantitative estimate of drug-likeness (QED) is 0.734. The highest BCUT2D eigenvalue weighted by atomic mass is 16.5. The third-order valence-electron chi connectivity index (χ3n) is 2.90. The van der Waals surface area contributed by atoms with Gasteiger partial charge in [0.1, 0.15) is 0 Å². The van der Waals surface area contributed by atoms with E-state index in [4.69, 9.17) is 4.74 Å². The largest absolute Gasteiger partial charge is 0.379 e. The number of rotatable bonds is 4. The van der Waals surface area contributed by atoms with E-state index in [1.807, 2.05) is 25.1 Å². The molecule has 1 saturated heterocycles. The zero-order chi connectivity index (χ0) is 11.9. The average Bonchev–Trinajstić information content (AvgIpc) is 2.41. The van der Waals surface area contributed by atoms with Crippen LogP contribution in [0.15, 0.2) is 29.4 Å². The maximum Gasteiger partial charge on any atom is 0.0837 e. The topological polar surface area (TPSA) is 37.7 Å². The molecule has 92 valence electrons. The molecule has 2 rings (SSSR count). The number of pyridine rings is 1. The predicted molar refractivity (Wildman–Crippen MR) is 68.6 cm³/mol. The second-order valence-electron chi connectivity index (χ2n) is 4.14. The number of morpholine rings is 1. The van der Waals surface area contributed by atoms with Gasteiger partial charge in [0, 0.05) is 25.8 Å². The van der Waals surface area contributed by atoms with E-state index in [0.29, 0.717) is 0 Å². The van der Waals surface area contributed by atoms with Crippen LogP contribution < -0.4 is 0 Å². The Bertz CT molecular complexity index is 358. The van der Waals surface area contributed by atoms with Gasteiger partial charge in [0.2, 0.25) is 0 Å². The van der Waals surface area contributed by atoms with Crippen LogP contribution in [-0.4, -0.2) is 55.0 Å². The van der Waals surface area contributed by atoms with Gasteiger partial charge in [-0.2, -0.15) is 0 Å². The minimum atomic E-state index is 0.836. The summed E-state index contributed by atoms with van der Waals surface area (Å²) in [5.74, 6) is 0. The van der Waals surface area contributed by atoms with Gasteiger partial charge in [0.05, 0.1) is 31.2 Å². The molecule has 1 aromatic heterocycles. The molecule has 0 aromatic carbocycles. The molecule has 1 aliphatic heterocycles. The van der Waals surface area contributed by atoms with Crippen molar-refractivity contribution < 1.29 is 4.74 Å². The van der Waals surface area contributed by atoms with Crippen LogP contribution in [0.1, 0.15) is 12.6 Å². The van der Waals surface area contributed by atoms with Gasteiger partial charge < -0.3 is 4.74 Å². The van der Waals surface area contributed by atoms with E-state index >= 15 is 0 Å². The molecule has 17 heavy (non-hydrogen) atoms. The van der Waals surface area contributed by atoms with E-state index in [-0.39, 0.29) is 0 Å². The van der Waals surface area contributed by atoms with Gasteiger partial charge in [-0.15, -0.1) is 0 Å². The Morgan fingerprint density at radius 1 is 1.41 bits per heavy atom.